The Hall–Kier alpha value is -3.92. The molecular weight excluding hydrogens is 467 g/mol. The number of thiocarbonyl (C=S) groups is 1. The Morgan fingerprint density at radius 2 is 1.37 bits per heavy atom. The fourth-order valence-electron chi connectivity index (χ4n) is 3.48. The van der Waals surface area contributed by atoms with E-state index in [1.165, 1.54) is 12.1 Å². The molecule has 0 saturated heterocycles. The molecule has 2 aromatic heterocycles. The highest BCUT2D eigenvalue weighted by atomic mass is 32.1. The van der Waals surface area contributed by atoms with E-state index in [0.29, 0.717) is 31.4 Å². The van der Waals surface area contributed by atoms with Crippen LogP contribution in [0.1, 0.15) is 25.0 Å². The summed E-state index contributed by atoms with van der Waals surface area (Å²) in [5, 5.41) is 15.4. The molecule has 0 aliphatic rings. The van der Waals surface area contributed by atoms with Crippen molar-refractivity contribution in [3.63, 3.8) is 0 Å². The quantitative estimate of drug-likeness (QED) is 0.303. The zero-order valence-corrected chi connectivity index (χ0v) is 20.4. The van der Waals surface area contributed by atoms with Gasteiger partial charge in [0.2, 0.25) is 0 Å². The second kappa shape index (κ2) is 11.5. The van der Waals surface area contributed by atoms with Crippen LogP contribution in [0.15, 0.2) is 67.3 Å². The minimum atomic E-state index is -0.258. The van der Waals surface area contributed by atoms with Crippen LogP contribution >= 0.6 is 12.2 Å². The number of halogens is 1. The van der Waals surface area contributed by atoms with E-state index in [-0.39, 0.29) is 5.82 Å². The molecule has 10 heteroatoms. The van der Waals surface area contributed by atoms with E-state index >= 15 is 0 Å². The predicted octanol–water partition coefficient (Wildman–Crippen LogP) is 4.92. The fraction of sp³-hybridized carbons (Fsp3) is 0.240. The number of nitrogens with zero attached hydrogens (tertiary/aromatic N) is 4. The third kappa shape index (κ3) is 6.80. The molecule has 2 N–H and O–H groups in total. The lowest BCUT2D eigenvalue weighted by molar-refractivity contribution is 0.287. The third-order valence-electron chi connectivity index (χ3n) is 4.99. The SMILES string of the molecule is CCOc1ccc(Cn2cc(NC(=S)Nc3cnn(Cc4ccc(F)cc4)c3)cn2)cc1OCC. The lowest BCUT2D eigenvalue weighted by Crippen LogP contribution is -2.18. The van der Waals surface area contributed by atoms with Crippen molar-refractivity contribution in [3.8, 4) is 11.5 Å². The summed E-state index contributed by atoms with van der Waals surface area (Å²) in [6, 6.07) is 12.2. The monoisotopic (exact) mass is 494 g/mol. The Labute approximate surface area is 208 Å². The first-order chi connectivity index (χ1) is 17.0. The van der Waals surface area contributed by atoms with Gasteiger partial charge in [-0.15, -0.1) is 0 Å². The smallest absolute Gasteiger partial charge is 0.175 e. The summed E-state index contributed by atoms with van der Waals surface area (Å²) in [5.74, 6) is 1.20. The Morgan fingerprint density at radius 1 is 0.829 bits per heavy atom. The van der Waals surface area contributed by atoms with E-state index in [9.17, 15) is 4.39 Å². The van der Waals surface area contributed by atoms with Gasteiger partial charge in [0.1, 0.15) is 5.82 Å². The van der Waals surface area contributed by atoms with E-state index in [4.69, 9.17) is 21.7 Å². The number of benzene rings is 2. The van der Waals surface area contributed by atoms with Crippen LogP contribution in [0, 0.1) is 5.82 Å². The van der Waals surface area contributed by atoms with Gasteiger partial charge in [0.25, 0.3) is 0 Å². The van der Waals surface area contributed by atoms with Gasteiger partial charge < -0.3 is 20.1 Å². The van der Waals surface area contributed by atoms with Crippen molar-refractivity contribution in [2.45, 2.75) is 26.9 Å². The number of ether oxygens (including phenoxy) is 2. The largest absolute Gasteiger partial charge is 0.490 e. The van der Waals surface area contributed by atoms with Gasteiger partial charge in [0.05, 0.1) is 50.1 Å². The van der Waals surface area contributed by atoms with E-state index in [0.717, 1.165) is 34.0 Å². The molecule has 2 heterocycles. The summed E-state index contributed by atoms with van der Waals surface area (Å²) in [4.78, 5) is 0. The molecule has 0 radical (unpaired) electrons. The number of rotatable bonds is 10. The van der Waals surface area contributed by atoms with Gasteiger partial charge >= 0.3 is 0 Å². The molecule has 35 heavy (non-hydrogen) atoms. The Kier molecular flexibility index (Phi) is 7.94. The average Bonchev–Trinajstić information content (AvgIpc) is 3.46. The third-order valence-corrected chi connectivity index (χ3v) is 5.20. The lowest BCUT2D eigenvalue weighted by atomic mass is 10.2. The molecular formula is C25H27FN6O2S. The van der Waals surface area contributed by atoms with Crippen LogP contribution in [0.25, 0.3) is 0 Å². The molecule has 0 saturated carbocycles. The molecule has 0 unspecified atom stereocenters. The Balaban J connectivity index is 1.32. The van der Waals surface area contributed by atoms with E-state index in [2.05, 4.69) is 20.8 Å². The number of hydrogen-bond donors (Lipinski definition) is 2. The maximum absolute atomic E-state index is 13.1. The Bertz CT molecular complexity index is 1270. The maximum atomic E-state index is 13.1. The summed E-state index contributed by atoms with van der Waals surface area (Å²) >= 11 is 5.43. The molecule has 0 aliphatic heterocycles. The molecule has 0 atom stereocenters. The molecule has 0 aliphatic carbocycles. The summed E-state index contributed by atoms with van der Waals surface area (Å²) in [6.45, 7) is 6.14. The van der Waals surface area contributed by atoms with Crippen LogP contribution in [0.3, 0.4) is 0 Å². The van der Waals surface area contributed by atoms with Crippen LogP contribution in [0.2, 0.25) is 0 Å². The molecule has 0 amide bonds. The zero-order valence-electron chi connectivity index (χ0n) is 19.6. The topological polar surface area (TPSA) is 78.2 Å². The zero-order chi connectivity index (χ0) is 24.6. The van der Waals surface area contributed by atoms with Crippen LogP contribution < -0.4 is 20.1 Å². The normalized spacial score (nSPS) is 10.7. The number of hydrogen-bond acceptors (Lipinski definition) is 5. The molecule has 2 aromatic carbocycles. The molecule has 0 fully saturated rings. The number of nitrogens with one attached hydrogen (secondary N) is 2. The molecule has 0 spiro atoms. The summed E-state index contributed by atoms with van der Waals surface area (Å²) in [7, 11) is 0. The van der Waals surface area contributed by atoms with Crippen molar-refractivity contribution in [1.29, 1.82) is 0 Å². The van der Waals surface area contributed by atoms with Crippen molar-refractivity contribution in [2.24, 2.45) is 0 Å². The molecule has 182 valence electrons. The van der Waals surface area contributed by atoms with Crippen LogP contribution in [-0.4, -0.2) is 37.9 Å². The molecule has 4 aromatic rings. The van der Waals surface area contributed by atoms with Gasteiger partial charge in [-0.1, -0.05) is 18.2 Å². The summed E-state index contributed by atoms with van der Waals surface area (Å²) < 4.78 is 28.0. The fourth-order valence-corrected chi connectivity index (χ4v) is 3.72. The van der Waals surface area contributed by atoms with Crippen molar-refractivity contribution in [2.75, 3.05) is 23.8 Å². The lowest BCUT2D eigenvalue weighted by Gasteiger charge is -2.12. The number of aromatic nitrogens is 4. The first-order valence-corrected chi connectivity index (χ1v) is 11.7. The Morgan fingerprint density at radius 3 is 1.97 bits per heavy atom. The van der Waals surface area contributed by atoms with E-state index < -0.39 is 0 Å². The van der Waals surface area contributed by atoms with Gasteiger partial charge in [-0.25, -0.2) is 4.39 Å². The minimum Gasteiger partial charge on any atom is -0.490 e. The van der Waals surface area contributed by atoms with E-state index in [1.54, 1.807) is 29.2 Å². The summed E-state index contributed by atoms with van der Waals surface area (Å²) in [6.07, 6.45) is 7.11. The number of anilines is 2. The second-order valence-corrected chi connectivity index (χ2v) is 8.11. The predicted molar refractivity (Wildman–Crippen MR) is 138 cm³/mol. The first kappa shape index (κ1) is 24.2. The standard InChI is InChI=1S/C25H27FN6O2S/c1-3-33-23-10-7-19(11-24(23)34-4-2)15-32-17-22(13-28-32)30-25(35)29-21-12-27-31(16-21)14-18-5-8-20(26)9-6-18/h5-13,16-17H,3-4,14-15H2,1-2H3,(H2,29,30,35). The van der Waals surface area contributed by atoms with Crippen molar-refractivity contribution < 1.29 is 13.9 Å². The minimum absolute atomic E-state index is 0.258. The molecule has 4 rings (SSSR count). The first-order valence-electron chi connectivity index (χ1n) is 11.3. The molecule has 8 nitrogen and oxygen atoms in total. The average molecular weight is 495 g/mol. The van der Waals surface area contributed by atoms with Gasteiger partial charge in [-0.2, -0.15) is 10.2 Å². The van der Waals surface area contributed by atoms with Crippen molar-refractivity contribution in [3.05, 3.63) is 84.2 Å². The van der Waals surface area contributed by atoms with Gasteiger partial charge in [-0.05, 0) is 61.5 Å². The maximum Gasteiger partial charge on any atom is 0.175 e. The second-order valence-electron chi connectivity index (χ2n) is 7.71. The van der Waals surface area contributed by atoms with Crippen molar-refractivity contribution in [1.82, 2.24) is 19.6 Å². The van der Waals surface area contributed by atoms with Gasteiger partial charge in [0.15, 0.2) is 16.6 Å². The van der Waals surface area contributed by atoms with Gasteiger partial charge in [0, 0.05) is 12.4 Å². The highest BCUT2D eigenvalue weighted by molar-refractivity contribution is 7.80. The van der Waals surface area contributed by atoms with Crippen LogP contribution in [-0.2, 0) is 13.1 Å². The van der Waals surface area contributed by atoms with Crippen LogP contribution in [0.5, 0.6) is 11.5 Å². The summed E-state index contributed by atoms with van der Waals surface area (Å²) in [5.41, 5.74) is 3.50. The highest BCUT2D eigenvalue weighted by Crippen LogP contribution is 2.29. The van der Waals surface area contributed by atoms with Crippen molar-refractivity contribution >= 4 is 28.7 Å². The van der Waals surface area contributed by atoms with E-state index in [1.807, 2.05) is 49.1 Å². The van der Waals surface area contributed by atoms with Gasteiger partial charge in [-0.3, -0.25) is 9.36 Å². The molecule has 0 bridgehead atoms. The van der Waals surface area contributed by atoms with Crippen LogP contribution in [0.4, 0.5) is 15.8 Å². The highest BCUT2D eigenvalue weighted by Gasteiger charge is 2.09.